The number of hydrogen-bond acceptors (Lipinski definition) is 3. The monoisotopic (exact) mass is 326 g/mol. The van der Waals surface area contributed by atoms with Gasteiger partial charge in [0.05, 0.1) is 17.0 Å². The molecule has 1 aliphatic heterocycles. The number of carbonyl (C=O) groups excluding carboxylic acids is 1. The fourth-order valence-electron chi connectivity index (χ4n) is 4.18. The molecule has 4 rings (SSSR count). The topological polar surface area (TPSA) is 50.2 Å². The summed E-state index contributed by atoms with van der Waals surface area (Å²) in [6.45, 7) is 1.75. The molecule has 1 aromatic carbocycles. The largest absolute Gasteiger partial charge is 0.353 e. The van der Waals surface area contributed by atoms with Crippen LogP contribution >= 0.6 is 0 Å². The maximum Gasteiger partial charge on any atom is 0.225 e. The van der Waals surface area contributed by atoms with E-state index in [1.807, 2.05) is 18.2 Å². The van der Waals surface area contributed by atoms with Gasteiger partial charge in [0.15, 0.2) is 0 Å². The van der Waals surface area contributed by atoms with E-state index in [4.69, 9.17) is 4.98 Å². The maximum atomic E-state index is 12.6. The first kappa shape index (κ1) is 15.5. The molecule has 0 bridgehead atoms. The van der Waals surface area contributed by atoms with Crippen LogP contribution in [0.3, 0.4) is 0 Å². The number of piperidine rings is 1. The number of rotatable bonds is 3. The van der Waals surface area contributed by atoms with E-state index in [2.05, 4.69) is 27.9 Å². The van der Waals surface area contributed by atoms with Gasteiger partial charge >= 0.3 is 0 Å². The van der Waals surface area contributed by atoms with Crippen LogP contribution in [0.4, 0.5) is 5.95 Å². The molecule has 1 saturated carbocycles. The molecule has 1 atom stereocenters. The van der Waals surface area contributed by atoms with Crippen LogP contribution in [0.2, 0.25) is 0 Å². The Bertz CT molecular complexity index is 732. The zero-order chi connectivity index (χ0) is 16.5. The first-order valence-electron chi connectivity index (χ1n) is 9.19. The van der Waals surface area contributed by atoms with Crippen LogP contribution < -0.4 is 10.2 Å². The van der Waals surface area contributed by atoms with E-state index in [1.165, 1.54) is 12.8 Å². The number of carbonyl (C=O) groups is 1. The van der Waals surface area contributed by atoms with Gasteiger partial charge in [-0.25, -0.2) is 4.98 Å². The van der Waals surface area contributed by atoms with Crippen LogP contribution in [-0.2, 0) is 11.8 Å². The lowest BCUT2D eigenvalue weighted by molar-refractivity contribution is -0.125. The van der Waals surface area contributed by atoms with Crippen LogP contribution in [0.25, 0.3) is 11.0 Å². The number of anilines is 1. The molecule has 1 aromatic heterocycles. The summed E-state index contributed by atoms with van der Waals surface area (Å²) in [4.78, 5) is 19.7. The molecule has 2 heterocycles. The van der Waals surface area contributed by atoms with Crippen LogP contribution in [-0.4, -0.2) is 34.6 Å². The summed E-state index contributed by atoms with van der Waals surface area (Å²) >= 11 is 0. The molecule has 5 nitrogen and oxygen atoms in total. The van der Waals surface area contributed by atoms with Gasteiger partial charge in [-0.15, -0.1) is 0 Å². The molecule has 1 aliphatic carbocycles. The molecule has 2 fully saturated rings. The van der Waals surface area contributed by atoms with Crippen molar-refractivity contribution >= 4 is 22.9 Å². The van der Waals surface area contributed by atoms with Gasteiger partial charge in [0.25, 0.3) is 0 Å². The number of benzene rings is 1. The third kappa shape index (κ3) is 2.87. The van der Waals surface area contributed by atoms with Gasteiger partial charge in [-0.05, 0) is 37.8 Å². The average molecular weight is 326 g/mol. The van der Waals surface area contributed by atoms with Crippen molar-refractivity contribution in [3.05, 3.63) is 24.3 Å². The second-order valence-electron chi connectivity index (χ2n) is 7.23. The highest BCUT2D eigenvalue weighted by atomic mass is 16.2. The smallest absolute Gasteiger partial charge is 0.225 e. The quantitative estimate of drug-likeness (QED) is 0.943. The van der Waals surface area contributed by atoms with E-state index in [0.29, 0.717) is 6.04 Å². The summed E-state index contributed by atoms with van der Waals surface area (Å²) in [6.07, 6.45) is 6.83. The average Bonchev–Trinajstić information content (AvgIpc) is 3.23. The summed E-state index contributed by atoms with van der Waals surface area (Å²) in [5.41, 5.74) is 2.16. The zero-order valence-electron chi connectivity index (χ0n) is 14.4. The Kier molecular flexibility index (Phi) is 4.17. The third-order valence-electron chi connectivity index (χ3n) is 5.54. The summed E-state index contributed by atoms with van der Waals surface area (Å²) in [5.74, 6) is 1.30. The number of nitrogens with zero attached hydrogens (tertiary/aromatic N) is 3. The number of imidazole rings is 1. The molecule has 1 amide bonds. The zero-order valence-corrected chi connectivity index (χ0v) is 14.4. The minimum atomic E-state index is 0.0826. The number of aryl methyl sites for hydroxylation is 1. The minimum absolute atomic E-state index is 0.0826. The number of aromatic nitrogens is 2. The highest BCUT2D eigenvalue weighted by Gasteiger charge is 2.29. The Morgan fingerprint density at radius 3 is 2.75 bits per heavy atom. The molecule has 0 radical (unpaired) electrons. The Balaban J connectivity index is 1.49. The molecule has 1 saturated heterocycles. The van der Waals surface area contributed by atoms with E-state index in [-0.39, 0.29) is 11.8 Å². The van der Waals surface area contributed by atoms with E-state index < -0.39 is 0 Å². The molecule has 2 aliphatic rings. The lowest BCUT2D eigenvalue weighted by Crippen LogP contribution is -2.46. The highest BCUT2D eigenvalue weighted by Crippen LogP contribution is 2.26. The highest BCUT2D eigenvalue weighted by molar-refractivity contribution is 5.81. The standard InChI is InChI=1S/C19H26N4O/c1-22-17-11-5-4-10-16(17)21-19(22)23-12-6-7-14(13-23)18(24)20-15-8-2-3-9-15/h4-5,10-11,14-15H,2-3,6-9,12-13H2,1H3,(H,20,24)/t14-/m0/s1. The molecular weight excluding hydrogens is 300 g/mol. The van der Waals surface area contributed by atoms with E-state index in [1.54, 1.807) is 0 Å². The van der Waals surface area contributed by atoms with Crippen molar-refractivity contribution in [1.29, 1.82) is 0 Å². The molecule has 1 N–H and O–H groups in total. The van der Waals surface area contributed by atoms with Crippen molar-refractivity contribution in [1.82, 2.24) is 14.9 Å². The van der Waals surface area contributed by atoms with Crippen LogP contribution in [0.15, 0.2) is 24.3 Å². The molecule has 24 heavy (non-hydrogen) atoms. The lowest BCUT2D eigenvalue weighted by Gasteiger charge is -2.33. The number of hydrogen-bond donors (Lipinski definition) is 1. The van der Waals surface area contributed by atoms with Gasteiger partial charge in [-0.2, -0.15) is 0 Å². The van der Waals surface area contributed by atoms with Gasteiger partial charge in [0, 0.05) is 26.2 Å². The van der Waals surface area contributed by atoms with Gasteiger partial charge in [0.2, 0.25) is 11.9 Å². The Labute approximate surface area is 143 Å². The second kappa shape index (κ2) is 6.46. The van der Waals surface area contributed by atoms with Crippen molar-refractivity contribution < 1.29 is 4.79 Å². The number of para-hydroxylation sites is 2. The molecule has 0 spiro atoms. The van der Waals surface area contributed by atoms with Crippen LogP contribution in [0.5, 0.6) is 0 Å². The number of nitrogens with one attached hydrogen (secondary N) is 1. The molecular formula is C19H26N4O. The number of fused-ring (bicyclic) bond motifs is 1. The third-order valence-corrected chi connectivity index (χ3v) is 5.54. The van der Waals surface area contributed by atoms with Gasteiger partial charge in [-0.3, -0.25) is 4.79 Å². The molecule has 2 aromatic rings. The van der Waals surface area contributed by atoms with Crippen molar-refractivity contribution in [3.63, 3.8) is 0 Å². The van der Waals surface area contributed by atoms with Gasteiger partial charge in [0.1, 0.15) is 0 Å². The predicted molar refractivity (Wildman–Crippen MR) is 96.0 cm³/mol. The van der Waals surface area contributed by atoms with Crippen LogP contribution in [0.1, 0.15) is 38.5 Å². The van der Waals surface area contributed by atoms with E-state index in [0.717, 1.165) is 55.8 Å². The fourth-order valence-corrected chi connectivity index (χ4v) is 4.18. The summed E-state index contributed by atoms with van der Waals surface area (Å²) in [7, 11) is 2.06. The molecule has 5 heteroatoms. The Morgan fingerprint density at radius 1 is 1.17 bits per heavy atom. The van der Waals surface area contributed by atoms with E-state index in [9.17, 15) is 4.79 Å². The summed E-state index contributed by atoms with van der Waals surface area (Å²) < 4.78 is 2.15. The van der Waals surface area contributed by atoms with E-state index >= 15 is 0 Å². The minimum Gasteiger partial charge on any atom is -0.353 e. The van der Waals surface area contributed by atoms with Crippen molar-refractivity contribution in [2.45, 2.75) is 44.6 Å². The van der Waals surface area contributed by atoms with Gasteiger partial charge < -0.3 is 14.8 Å². The second-order valence-corrected chi connectivity index (χ2v) is 7.23. The predicted octanol–water partition coefficient (Wildman–Crippen LogP) is 2.85. The normalized spacial score (nSPS) is 22.2. The summed E-state index contributed by atoms with van der Waals surface area (Å²) in [5, 5.41) is 3.27. The first-order chi connectivity index (χ1) is 11.7. The van der Waals surface area contributed by atoms with Crippen LogP contribution in [0, 0.1) is 5.92 Å². The Hall–Kier alpha value is -2.04. The van der Waals surface area contributed by atoms with Gasteiger partial charge in [-0.1, -0.05) is 25.0 Å². The Morgan fingerprint density at radius 2 is 1.96 bits per heavy atom. The first-order valence-corrected chi connectivity index (χ1v) is 9.19. The number of amides is 1. The SMILES string of the molecule is Cn1c(N2CCC[C@H](C(=O)NC3CCCC3)C2)nc2ccccc21. The van der Waals surface area contributed by atoms with Crippen molar-refractivity contribution in [2.24, 2.45) is 13.0 Å². The fraction of sp³-hybridized carbons (Fsp3) is 0.579. The lowest BCUT2D eigenvalue weighted by atomic mass is 9.97. The maximum absolute atomic E-state index is 12.6. The molecule has 0 unspecified atom stereocenters. The summed E-state index contributed by atoms with van der Waals surface area (Å²) in [6, 6.07) is 8.62. The molecule has 128 valence electrons. The van der Waals surface area contributed by atoms with Crippen molar-refractivity contribution in [2.75, 3.05) is 18.0 Å². The van der Waals surface area contributed by atoms with Crippen molar-refractivity contribution in [3.8, 4) is 0 Å².